The van der Waals surface area contributed by atoms with Crippen LogP contribution in [-0.2, 0) is 0 Å². The van der Waals surface area contributed by atoms with Crippen molar-refractivity contribution in [1.82, 2.24) is 10.3 Å². The van der Waals surface area contributed by atoms with E-state index in [9.17, 15) is 9.18 Å². The number of rotatable bonds is 2. The summed E-state index contributed by atoms with van der Waals surface area (Å²) in [6.07, 6.45) is 4.54. The molecule has 98 valence electrons. The minimum absolute atomic E-state index is 0.220. The molecule has 1 aliphatic carbocycles. The van der Waals surface area contributed by atoms with Gasteiger partial charge in [-0.15, -0.1) is 0 Å². The van der Waals surface area contributed by atoms with Crippen molar-refractivity contribution in [3.63, 3.8) is 0 Å². The molecule has 0 aliphatic heterocycles. The lowest BCUT2D eigenvalue weighted by molar-refractivity contribution is 0.0924. The van der Waals surface area contributed by atoms with E-state index in [2.05, 4.69) is 10.3 Å². The number of nitrogens with one attached hydrogen (secondary N) is 1. The Hall–Kier alpha value is -0.870. The van der Waals surface area contributed by atoms with Crippen LogP contribution < -0.4 is 5.32 Å². The van der Waals surface area contributed by atoms with Crippen LogP contribution in [-0.4, -0.2) is 21.3 Å². The SMILES string of the molecule is O=C(NC1CCCCC1(Cl)Cl)c1ccnc(F)c1. The van der Waals surface area contributed by atoms with Crippen LogP contribution in [0.25, 0.3) is 0 Å². The van der Waals surface area contributed by atoms with Gasteiger partial charge in [-0.25, -0.2) is 4.98 Å². The van der Waals surface area contributed by atoms with E-state index in [0.717, 1.165) is 25.3 Å². The van der Waals surface area contributed by atoms with E-state index in [1.54, 1.807) is 0 Å². The number of amides is 1. The van der Waals surface area contributed by atoms with Gasteiger partial charge < -0.3 is 5.32 Å². The summed E-state index contributed by atoms with van der Waals surface area (Å²) in [5, 5.41) is 2.76. The zero-order valence-corrected chi connectivity index (χ0v) is 11.1. The number of pyridine rings is 1. The lowest BCUT2D eigenvalue weighted by Crippen LogP contribution is -2.48. The second-order valence-electron chi connectivity index (χ2n) is 4.40. The van der Waals surface area contributed by atoms with E-state index in [1.165, 1.54) is 12.3 Å². The molecule has 1 saturated carbocycles. The largest absolute Gasteiger partial charge is 0.346 e. The minimum Gasteiger partial charge on any atom is -0.346 e. The first kappa shape index (κ1) is 13.6. The molecule has 0 radical (unpaired) electrons. The number of hydrogen-bond donors (Lipinski definition) is 1. The predicted octanol–water partition coefficient (Wildman–Crippen LogP) is 3.07. The van der Waals surface area contributed by atoms with E-state index >= 15 is 0 Å². The number of aromatic nitrogens is 1. The molecular weight excluding hydrogens is 278 g/mol. The number of nitrogens with zero attached hydrogens (tertiary/aromatic N) is 1. The van der Waals surface area contributed by atoms with Gasteiger partial charge in [0, 0.05) is 17.8 Å². The van der Waals surface area contributed by atoms with Crippen LogP contribution in [0.2, 0.25) is 0 Å². The van der Waals surface area contributed by atoms with Gasteiger partial charge in [-0.1, -0.05) is 36.0 Å². The molecule has 2 rings (SSSR count). The molecular formula is C12H13Cl2FN2O. The molecule has 18 heavy (non-hydrogen) atoms. The first-order valence-corrected chi connectivity index (χ1v) is 6.55. The topological polar surface area (TPSA) is 42.0 Å². The molecule has 6 heteroatoms. The predicted molar refractivity (Wildman–Crippen MR) is 68.4 cm³/mol. The van der Waals surface area contributed by atoms with Crippen LogP contribution >= 0.6 is 23.2 Å². The van der Waals surface area contributed by atoms with Gasteiger partial charge in [0.1, 0.15) is 4.33 Å². The first-order chi connectivity index (χ1) is 8.49. The molecule has 0 bridgehead atoms. The van der Waals surface area contributed by atoms with Crippen molar-refractivity contribution in [2.45, 2.75) is 36.1 Å². The van der Waals surface area contributed by atoms with Gasteiger partial charge in [0.25, 0.3) is 5.91 Å². The number of alkyl halides is 2. The molecule has 1 atom stereocenters. The van der Waals surface area contributed by atoms with Crippen LogP contribution in [0.1, 0.15) is 36.0 Å². The van der Waals surface area contributed by atoms with Gasteiger partial charge in [-0.2, -0.15) is 4.39 Å². The van der Waals surface area contributed by atoms with Gasteiger partial charge >= 0.3 is 0 Å². The average molecular weight is 291 g/mol. The van der Waals surface area contributed by atoms with Gasteiger partial charge in [0.2, 0.25) is 5.95 Å². The van der Waals surface area contributed by atoms with Crippen LogP contribution in [0, 0.1) is 5.95 Å². The number of halogens is 3. The molecule has 1 heterocycles. The lowest BCUT2D eigenvalue weighted by Gasteiger charge is -2.34. The zero-order valence-electron chi connectivity index (χ0n) is 9.63. The fourth-order valence-electron chi connectivity index (χ4n) is 2.06. The molecule has 1 aliphatic rings. The average Bonchev–Trinajstić information content (AvgIpc) is 2.31. The first-order valence-electron chi connectivity index (χ1n) is 5.79. The Labute approximate surface area is 115 Å². The summed E-state index contributed by atoms with van der Waals surface area (Å²) in [6, 6.07) is 2.23. The van der Waals surface area contributed by atoms with Gasteiger partial charge in [-0.05, 0) is 18.9 Å². The van der Waals surface area contributed by atoms with E-state index in [4.69, 9.17) is 23.2 Å². The molecule has 1 amide bonds. The summed E-state index contributed by atoms with van der Waals surface area (Å²) in [6.45, 7) is 0. The maximum Gasteiger partial charge on any atom is 0.251 e. The number of carbonyl (C=O) groups excluding carboxylic acids is 1. The Bertz CT molecular complexity index is 453. The maximum atomic E-state index is 12.9. The van der Waals surface area contributed by atoms with Gasteiger partial charge in [0.15, 0.2) is 0 Å². The van der Waals surface area contributed by atoms with Crippen LogP contribution in [0.5, 0.6) is 0 Å². The molecule has 1 fully saturated rings. The highest BCUT2D eigenvalue weighted by molar-refractivity contribution is 6.49. The van der Waals surface area contributed by atoms with Crippen molar-refractivity contribution < 1.29 is 9.18 Å². The van der Waals surface area contributed by atoms with E-state index in [-0.39, 0.29) is 17.5 Å². The third-order valence-electron chi connectivity index (χ3n) is 3.06. The summed E-state index contributed by atoms with van der Waals surface area (Å²) in [5.41, 5.74) is 0.220. The summed E-state index contributed by atoms with van der Waals surface area (Å²) in [5.74, 6) is -1.07. The molecule has 1 unspecified atom stereocenters. The fourth-order valence-corrected chi connectivity index (χ4v) is 2.65. The quantitative estimate of drug-likeness (QED) is 0.672. The number of carbonyl (C=O) groups is 1. The van der Waals surface area contributed by atoms with Gasteiger partial charge in [-0.3, -0.25) is 4.79 Å². The summed E-state index contributed by atoms with van der Waals surface area (Å²) in [7, 11) is 0. The molecule has 1 aromatic heterocycles. The summed E-state index contributed by atoms with van der Waals surface area (Å²) >= 11 is 12.3. The Morgan fingerprint density at radius 1 is 1.50 bits per heavy atom. The standard InChI is InChI=1S/C12H13Cl2FN2O/c13-12(14)5-2-1-3-9(12)17-11(18)8-4-6-16-10(15)7-8/h4,6-7,9H,1-3,5H2,(H,17,18). The van der Waals surface area contributed by atoms with E-state index in [0.29, 0.717) is 6.42 Å². The highest BCUT2D eigenvalue weighted by atomic mass is 35.5. The monoisotopic (exact) mass is 290 g/mol. The Morgan fingerprint density at radius 3 is 2.94 bits per heavy atom. The second-order valence-corrected chi connectivity index (χ2v) is 5.94. The molecule has 3 nitrogen and oxygen atoms in total. The summed E-state index contributed by atoms with van der Waals surface area (Å²) < 4.78 is 12.0. The van der Waals surface area contributed by atoms with Crippen LogP contribution in [0.4, 0.5) is 4.39 Å². The highest BCUT2D eigenvalue weighted by Crippen LogP contribution is 2.38. The van der Waals surface area contributed by atoms with E-state index in [1.807, 2.05) is 0 Å². The molecule has 1 aromatic rings. The van der Waals surface area contributed by atoms with Crippen molar-refractivity contribution in [1.29, 1.82) is 0 Å². The molecule has 0 aromatic carbocycles. The van der Waals surface area contributed by atoms with Crippen LogP contribution in [0.3, 0.4) is 0 Å². The molecule has 1 N–H and O–H groups in total. The minimum atomic E-state index is -0.945. The highest BCUT2D eigenvalue weighted by Gasteiger charge is 2.38. The third-order valence-corrected chi connectivity index (χ3v) is 3.96. The van der Waals surface area contributed by atoms with Gasteiger partial charge in [0.05, 0.1) is 6.04 Å². The van der Waals surface area contributed by atoms with Crippen molar-refractivity contribution in [3.8, 4) is 0 Å². The summed E-state index contributed by atoms with van der Waals surface area (Å²) in [4.78, 5) is 15.3. The molecule has 0 saturated heterocycles. The Kier molecular flexibility index (Phi) is 4.07. The molecule has 0 spiro atoms. The lowest BCUT2D eigenvalue weighted by atomic mass is 9.94. The normalized spacial score (nSPS) is 22.5. The van der Waals surface area contributed by atoms with Crippen molar-refractivity contribution in [2.75, 3.05) is 0 Å². The van der Waals surface area contributed by atoms with Crippen molar-refractivity contribution >= 4 is 29.1 Å². The zero-order chi connectivity index (χ0) is 13.2. The fraction of sp³-hybridized carbons (Fsp3) is 0.500. The second kappa shape index (κ2) is 5.41. The maximum absolute atomic E-state index is 12.9. The number of hydrogen-bond acceptors (Lipinski definition) is 2. The Balaban J connectivity index is 2.07. The van der Waals surface area contributed by atoms with E-state index < -0.39 is 10.3 Å². The smallest absolute Gasteiger partial charge is 0.251 e. The Morgan fingerprint density at radius 2 is 2.28 bits per heavy atom. The van der Waals surface area contributed by atoms with Crippen molar-refractivity contribution in [3.05, 3.63) is 29.8 Å². The van der Waals surface area contributed by atoms with Crippen molar-refractivity contribution in [2.24, 2.45) is 0 Å². The third kappa shape index (κ3) is 3.12. The van der Waals surface area contributed by atoms with Crippen LogP contribution in [0.15, 0.2) is 18.3 Å².